The van der Waals surface area contributed by atoms with Crippen LogP contribution in [-0.2, 0) is 16.0 Å². The van der Waals surface area contributed by atoms with Gasteiger partial charge in [0.25, 0.3) is 0 Å². The summed E-state index contributed by atoms with van der Waals surface area (Å²) in [5, 5.41) is 3.61. The van der Waals surface area contributed by atoms with E-state index in [-0.39, 0.29) is 24.7 Å². The Morgan fingerprint density at radius 3 is 2.39 bits per heavy atom. The summed E-state index contributed by atoms with van der Waals surface area (Å²) in [6, 6.07) is 5.09. The zero-order chi connectivity index (χ0) is 13.5. The van der Waals surface area contributed by atoms with E-state index in [9.17, 15) is 9.59 Å². The van der Waals surface area contributed by atoms with E-state index >= 15 is 0 Å². The molecule has 0 saturated heterocycles. The van der Waals surface area contributed by atoms with Crippen molar-refractivity contribution in [2.45, 2.75) is 19.3 Å². The summed E-state index contributed by atoms with van der Waals surface area (Å²) in [4.78, 5) is 22.1. The number of nitrogens with two attached hydrogens (primary N) is 1. The van der Waals surface area contributed by atoms with Gasteiger partial charge in [0.15, 0.2) is 0 Å². The number of carbonyl (C=O) groups excluding carboxylic acids is 2. The Balaban J connectivity index is 2.43. The number of benzene rings is 1. The summed E-state index contributed by atoms with van der Waals surface area (Å²) < 4.78 is 0. The summed E-state index contributed by atoms with van der Waals surface area (Å²) in [6.07, 6.45) is 0.902. The molecule has 1 aromatic rings. The molecule has 0 aliphatic rings. The second-order valence-corrected chi connectivity index (χ2v) is 4.61. The van der Waals surface area contributed by atoms with Gasteiger partial charge in [-0.3, -0.25) is 9.59 Å². The lowest BCUT2D eigenvalue weighted by molar-refractivity contribution is -0.121. The number of carbonyl (C=O) groups is 2. The highest BCUT2D eigenvalue weighted by atomic mass is 35.5. The van der Waals surface area contributed by atoms with Crippen LogP contribution in [-0.4, -0.2) is 18.4 Å². The Labute approximate surface area is 115 Å². The van der Waals surface area contributed by atoms with E-state index in [4.69, 9.17) is 28.9 Å². The van der Waals surface area contributed by atoms with Gasteiger partial charge in [0.05, 0.1) is 6.42 Å². The average Bonchev–Trinajstić information content (AvgIpc) is 2.29. The highest BCUT2D eigenvalue weighted by Crippen LogP contribution is 2.24. The molecule has 0 fully saturated rings. The van der Waals surface area contributed by atoms with Crippen molar-refractivity contribution in [3.8, 4) is 0 Å². The van der Waals surface area contributed by atoms with Crippen LogP contribution in [0.25, 0.3) is 0 Å². The van der Waals surface area contributed by atoms with E-state index in [1.54, 1.807) is 18.2 Å². The van der Waals surface area contributed by atoms with E-state index < -0.39 is 0 Å². The van der Waals surface area contributed by atoms with Crippen molar-refractivity contribution in [1.82, 2.24) is 5.32 Å². The molecule has 0 aliphatic heterocycles. The number of hydrogen-bond acceptors (Lipinski definition) is 2. The highest BCUT2D eigenvalue weighted by Gasteiger charge is 2.10. The monoisotopic (exact) mass is 288 g/mol. The highest BCUT2D eigenvalue weighted by molar-refractivity contribution is 6.36. The van der Waals surface area contributed by atoms with Crippen molar-refractivity contribution >= 4 is 35.0 Å². The normalized spacial score (nSPS) is 10.1. The molecule has 2 amide bonds. The quantitative estimate of drug-likeness (QED) is 0.785. The maximum Gasteiger partial charge on any atom is 0.224 e. The maximum atomic E-state index is 11.6. The van der Waals surface area contributed by atoms with E-state index in [1.165, 1.54) is 0 Å². The molecule has 0 radical (unpaired) electrons. The van der Waals surface area contributed by atoms with Crippen LogP contribution in [0.2, 0.25) is 10.0 Å². The topological polar surface area (TPSA) is 72.2 Å². The first-order chi connectivity index (χ1) is 8.50. The summed E-state index contributed by atoms with van der Waals surface area (Å²) in [5.41, 5.74) is 5.59. The predicted octanol–water partition coefficient (Wildman–Crippen LogP) is 1.92. The van der Waals surface area contributed by atoms with Gasteiger partial charge in [-0.05, 0) is 24.1 Å². The Morgan fingerprint density at radius 2 is 1.83 bits per heavy atom. The van der Waals surface area contributed by atoms with Gasteiger partial charge in [0.1, 0.15) is 0 Å². The van der Waals surface area contributed by atoms with Crippen LogP contribution in [0.3, 0.4) is 0 Å². The molecule has 98 valence electrons. The fourth-order valence-electron chi connectivity index (χ4n) is 1.41. The van der Waals surface area contributed by atoms with Crippen molar-refractivity contribution in [2.75, 3.05) is 6.54 Å². The van der Waals surface area contributed by atoms with Gasteiger partial charge >= 0.3 is 0 Å². The lowest BCUT2D eigenvalue weighted by Gasteiger charge is -2.07. The van der Waals surface area contributed by atoms with Crippen LogP contribution in [0.1, 0.15) is 18.4 Å². The minimum absolute atomic E-state index is 0.120. The lowest BCUT2D eigenvalue weighted by atomic mass is 10.1. The summed E-state index contributed by atoms with van der Waals surface area (Å²) in [6.45, 7) is 0.407. The van der Waals surface area contributed by atoms with Crippen molar-refractivity contribution in [3.05, 3.63) is 33.8 Å². The molecule has 1 aromatic carbocycles. The zero-order valence-corrected chi connectivity index (χ0v) is 11.2. The molecule has 0 atom stereocenters. The third kappa shape index (κ3) is 4.94. The van der Waals surface area contributed by atoms with Crippen LogP contribution in [0.5, 0.6) is 0 Å². The number of rotatable bonds is 6. The first-order valence-electron chi connectivity index (χ1n) is 5.48. The Bertz CT molecular complexity index is 429. The van der Waals surface area contributed by atoms with Crippen molar-refractivity contribution in [2.24, 2.45) is 5.73 Å². The average molecular weight is 289 g/mol. The first-order valence-corrected chi connectivity index (χ1v) is 6.24. The fourth-order valence-corrected chi connectivity index (χ4v) is 1.95. The molecule has 3 N–H and O–H groups in total. The minimum atomic E-state index is -0.376. The van der Waals surface area contributed by atoms with Gasteiger partial charge in [-0.25, -0.2) is 0 Å². The van der Waals surface area contributed by atoms with Gasteiger partial charge in [-0.1, -0.05) is 29.3 Å². The van der Waals surface area contributed by atoms with Crippen molar-refractivity contribution in [3.63, 3.8) is 0 Å². The number of hydrogen-bond donors (Lipinski definition) is 2. The van der Waals surface area contributed by atoms with Crippen LogP contribution < -0.4 is 11.1 Å². The van der Waals surface area contributed by atoms with Crippen LogP contribution in [0.4, 0.5) is 0 Å². The molecule has 0 heterocycles. The predicted molar refractivity (Wildman–Crippen MR) is 71.6 cm³/mol. The third-order valence-electron chi connectivity index (χ3n) is 2.32. The standard InChI is InChI=1S/C12H14Cl2N2O2/c13-9-3-1-4-10(14)8(9)7-12(18)16-6-2-5-11(15)17/h1,3-4H,2,5-7H2,(H2,15,17)(H,16,18). The molecular weight excluding hydrogens is 275 g/mol. The molecule has 0 bridgehead atoms. The van der Waals surface area contributed by atoms with Crippen molar-refractivity contribution in [1.29, 1.82) is 0 Å². The molecule has 0 saturated carbocycles. The number of halogens is 2. The molecule has 1 rings (SSSR count). The van der Waals surface area contributed by atoms with E-state index in [0.717, 1.165) is 0 Å². The first kappa shape index (κ1) is 14.8. The second kappa shape index (κ2) is 7.24. The largest absolute Gasteiger partial charge is 0.370 e. The summed E-state index contributed by atoms with van der Waals surface area (Å²) in [5.74, 6) is -0.562. The van der Waals surface area contributed by atoms with Gasteiger partial charge in [-0.15, -0.1) is 0 Å². The number of primary amides is 1. The zero-order valence-electron chi connectivity index (χ0n) is 9.71. The number of nitrogens with one attached hydrogen (secondary N) is 1. The molecule has 4 nitrogen and oxygen atoms in total. The summed E-state index contributed by atoms with van der Waals surface area (Å²) >= 11 is 11.9. The third-order valence-corrected chi connectivity index (χ3v) is 3.03. The molecule has 6 heteroatoms. The Kier molecular flexibility index (Phi) is 5.95. The molecule has 18 heavy (non-hydrogen) atoms. The second-order valence-electron chi connectivity index (χ2n) is 3.80. The van der Waals surface area contributed by atoms with E-state index in [2.05, 4.69) is 5.32 Å². The van der Waals surface area contributed by atoms with Gasteiger partial charge < -0.3 is 11.1 Å². The lowest BCUT2D eigenvalue weighted by Crippen LogP contribution is -2.27. The van der Waals surface area contributed by atoms with Gasteiger partial charge in [-0.2, -0.15) is 0 Å². The minimum Gasteiger partial charge on any atom is -0.370 e. The van der Waals surface area contributed by atoms with Crippen LogP contribution in [0, 0.1) is 0 Å². The van der Waals surface area contributed by atoms with Gasteiger partial charge in [0, 0.05) is 23.0 Å². The molecule has 0 unspecified atom stereocenters. The van der Waals surface area contributed by atoms with Crippen LogP contribution in [0.15, 0.2) is 18.2 Å². The van der Waals surface area contributed by atoms with Crippen LogP contribution >= 0.6 is 23.2 Å². The molecule has 0 spiro atoms. The SMILES string of the molecule is NC(=O)CCCNC(=O)Cc1c(Cl)cccc1Cl. The Hall–Kier alpha value is -1.26. The van der Waals surface area contributed by atoms with Crippen molar-refractivity contribution < 1.29 is 9.59 Å². The number of amides is 2. The van der Waals surface area contributed by atoms with E-state index in [0.29, 0.717) is 28.6 Å². The Morgan fingerprint density at radius 1 is 1.22 bits per heavy atom. The fraction of sp³-hybridized carbons (Fsp3) is 0.333. The molecule has 0 aromatic heterocycles. The summed E-state index contributed by atoms with van der Waals surface area (Å²) in [7, 11) is 0. The van der Waals surface area contributed by atoms with Gasteiger partial charge in [0.2, 0.25) is 11.8 Å². The smallest absolute Gasteiger partial charge is 0.224 e. The van der Waals surface area contributed by atoms with E-state index in [1.807, 2.05) is 0 Å². The maximum absolute atomic E-state index is 11.6. The molecule has 0 aliphatic carbocycles. The molecular formula is C12H14Cl2N2O2.